The van der Waals surface area contributed by atoms with Gasteiger partial charge in [-0.05, 0) is 104 Å². The van der Waals surface area contributed by atoms with Gasteiger partial charge in [-0.2, -0.15) is 0 Å². The molecule has 1 aromatic carbocycles. The summed E-state index contributed by atoms with van der Waals surface area (Å²) in [4.78, 5) is 0. The molecule has 4 aliphatic rings. The molecule has 1 aromatic rings. The Kier molecular flexibility index (Phi) is 4.05. The van der Waals surface area contributed by atoms with Gasteiger partial charge < -0.3 is 14.9 Å². The van der Waals surface area contributed by atoms with Crippen LogP contribution in [0, 0.1) is 23.7 Å². The normalized spacial score (nSPS) is 39.6. The fourth-order valence-corrected chi connectivity index (χ4v) is 6.30. The van der Waals surface area contributed by atoms with Crippen LogP contribution in [0.25, 0.3) is 0 Å². The van der Waals surface area contributed by atoms with Crippen LogP contribution in [-0.4, -0.2) is 29.0 Å². The highest BCUT2D eigenvalue weighted by Crippen LogP contribution is 2.58. The Balaban J connectivity index is 1.44. The van der Waals surface area contributed by atoms with Crippen LogP contribution >= 0.6 is 0 Å². The van der Waals surface area contributed by atoms with Gasteiger partial charge in [0.15, 0.2) is 0 Å². The summed E-state index contributed by atoms with van der Waals surface area (Å²) in [7, 11) is 0. The summed E-state index contributed by atoms with van der Waals surface area (Å²) >= 11 is 0. The Morgan fingerprint density at radius 3 is 2.72 bits per heavy atom. The lowest BCUT2D eigenvalue weighted by molar-refractivity contribution is 0.0106. The van der Waals surface area contributed by atoms with E-state index in [1.165, 1.54) is 36.8 Å². The number of phenolic OH excluding ortho intramolecular Hbond substituents is 1. The van der Waals surface area contributed by atoms with Crippen molar-refractivity contribution in [1.29, 1.82) is 0 Å². The number of hydrogen-bond acceptors (Lipinski definition) is 3. The van der Waals surface area contributed by atoms with Crippen LogP contribution in [0.1, 0.15) is 62.0 Å². The van der Waals surface area contributed by atoms with E-state index in [4.69, 9.17) is 4.74 Å². The quantitative estimate of drug-likeness (QED) is 0.869. The van der Waals surface area contributed by atoms with E-state index in [1.807, 2.05) is 12.1 Å². The molecule has 3 nitrogen and oxygen atoms in total. The molecule has 0 heterocycles. The van der Waals surface area contributed by atoms with E-state index in [1.54, 1.807) is 0 Å². The van der Waals surface area contributed by atoms with Crippen molar-refractivity contribution >= 4 is 0 Å². The standard InChI is InChI=1S/C22H30O3/c23-15-2-6-17-13(11-15)1-5-19-18-7-8-21(24)20(18)12-14(22(17)19)9-10-25-16-3-4-16/h2,6,11,14,16,18-24H,1,3-5,7-10,12H2/t14-,18?,19?,20?,21-,22?/m0/s1. The smallest absolute Gasteiger partial charge is 0.115 e. The Morgan fingerprint density at radius 1 is 1.00 bits per heavy atom. The van der Waals surface area contributed by atoms with Gasteiger partial charge in [0.05, 0.1) is 12.2 Å². The molecule has 25 heavy (non-hydrogen) atoms. The highest BCUT2D eigenvalue weighted by atomic mass is 16.5. The zero-order chi connectivity index (χ0) is 17.0. The molecule has 136 valence electrons. The van der Waals surface area contributed by atoms with Crippen molar-refractivity contribution in [1.82, 2.24) is 0 Å². The molecule has 6 atom stereocenters. The van der Waals surface area contributed by atoms with Crippen molar-refractivity contribution in [3.63, 3.8) is 0 Å². The maximum Gasteiger partial charge on any atom is 0.115 e. The first-order valence-electron chi connectivity index (χ1n) is 10.3. The molecular formula is C22H30O3. The van der Waals surface area contributed by atoms with E-state index in [0.29, 0.717) is 41.4 Å². The predicted octanol–water partition coefficient (Wildman–Crippen LogP) is 4.01. The lowest BCUT2D eigenvalue weighted by Gasteiger charge is -2.49. The van der Waals surface area contributed by atoms with Crippen LogP contribution in [-0.2, 0) is 11.2 Å². The molecule has 0 saturated heterocycles. The second kappa shape index (κ2) is 6.28. The third-order valence-corrected chi connectivity index (χ3v) is 7.53. The molecular weight excluding hydrogens is 312 g/mol. The number of phenols is 1. The zero-order valence-corrected chi connectivity index (χ0v) is 14.9. The highest BCUT2D eigenvalue weighted by molar-refractivity contribution is 5.40. The van der Waals surface area contributed by atoms with Crippen molar-refractivity contribution in [2.24, 2.45) is 23.7 Å². The topological polar surface area (TPSA) is 49.7 Å². The van der Waals surface area contributed by atoms with Gasteiger partial charge in [-0.25, -0.2) is 0 Å². The molecule has 0 spiro atoms. The second-order valence-electron chi connectivity index (χ2n) is 8.94. The maximum atomic E-state index is 10.5. The Morgan fingerprint density at radius 2 is 1.88 bits per heavy atom. The summed E-state index contributed by atoms with van der Waals surface area (Å²) in [6, 6.07) is 6.04. The number of aliphatic hydroxyl groups excluding tert-OH is 1. The number of hydrogen-bond donors (Lipinski definition) is 2. The third-order valence-electron chi connectivity index (χ3n) is 7.53. The van der Waals surface area contributed by atoms with Gasteiger partial charge in [0.2, 0.25) is 0 Å². The second-order valence-corrected chi connectivity index (χ2v) is 8.94. The van der Waals surface area contributed by atoms with Gasteiger partial charge in [0.25, 0.3) is 0 Å². The van der Waals surface area contributed by atoms with E-state index in [9.17, 15) is 10.2 Å². The summed E-state index contributed by atoms with van der Waals surface area (Å²) in [5.74, 6) is 3.52. The average molecular weight is 342 g/mol. The Hall–Kier alpha value is -1.06. The van der Waals surface area contributed by atoms with Gasteiger partial charge in [0, 0.05) is 6.61 Å². The van der Waals surface area contributed by atoms with Gasteiger partial charge in [0.1, 0.15) is 5.75 Å². The van der Waals surface area contributed by atoms with Crippen molar-refractivity contribution in [2.45, 2.75) is 69.5 Å². The number of fused-ring (bicyclic) bond motifs is 5. The predicted molar refractivity (Wildman–Crippen MR) is 96.6 cm³/mol. The SMILES string of the molecule is Oc1ccc2c(c1)CCC1C3CC[C@H](O)C3C[C@H](CCOC3CC3)C21. The number of aliphatic hydroxyl groups is 1. The van der Waals surface area contributed by atoms with Crippen LogP contribution < -0.4 is 0 Å². The largest absolute Gasteiger partial charge is 0.508 e. The molecule has 3 saturated carbocycles. The fourth-order valence-electron chi connectivity index (χ4n) is 6.30. The van der Waals surface area contributed by atoms with Crippen molar-refractivity contribution in [3.05, 3.63) is 29.3 Å². The molecule has 0 aliphatic heterocycles. The van der Waals surface area contributed by atoms with Crippen LogP contribution in [0.4, 0.5) is 0 Å². The fraction of sp³-hybridized carbons (Fsp3) is 0.727. The van der Waals surface area contributed by atoms with Crippen molar-refractivity contribution in [2.75, 3.05) is 6.61 Å². The summed E-state index contributed by atoms with van der Waals surface area (Å²) in [5, 5.41) is 20.4. The first-order chi connectivity index (χ1) is 12.2. The number of aromatic hydroxyl groups is 1. The van der Waals surface area contributed by atoms with E-state index in [2.05, 4.69) is 6.07 Å². The van der Waals surface area contributed by atoms with E-state index < -0.39 is 0 Å². The zero-order valence-electron chi connectivity index (χ0n) is 14.9. The van der Waals surface area contributed by atoms with Gasteiger partial charge in [-0.15, -0.1) is 0 Å². The minimum Gasteiger partial charge on any atom is -0.508 e. The highest BCUT2D eigenvalue weighted by Gasteiger charge is 2.51. The van der Waals surface area contributed by atoms with Gasteiger partial charge >= 0.3 is 0 Å². The molecule has 5 rings (SSSR count). The molecule has 0 radical (unpaired) electrons. The minimum absolute atomic E-state index is 0.0842. The Labute approximate surface area is 150 Å². The molecule has 0 bridgehead atoms. The summed E-state index contributed by atoms with van der Waals surface area (Å²) in [6.07, 6.45) is 9.68. The Bertz CT molecular complexity index is 638. The first-order valence-corrected chi connectivity index (χ1v) is 10.3. The lowest BCUT2D eigenvalue weighted by Crippen LogP contribution is -2.42. The van der Waals surface area contributed by atoms with Gasteiger partial charge in [-0.3, -0.25) is 0 Å². The average Bonchev–Trinajstić information content (AvgIpc) is 3.36. The van der Waals surface area contributed by atoms with Crippen LogP contribution in [0.15, 0.2) is 18.2 Å². The molecule has 3 fully saturated rings. The van der Waals surface area contributed by atoms with Crippen molar-refractivity contribution in [3.8, 4) is 5.75 Å². The van der Waals surface area contributed by atoms with Crippen molar-refractivity contribution < 1.29 is 14.9 Å². The monoisotopic (exact) mass is 342 g/mol. The first kappa shape index (κ1) is 16.1. The molecule has 0 aromatic heterocycles. The van der Waals surface area contributed by atoms with E-state index in [-0.39, 0.29) is 6.10 Å². The molecule has 4 unspecified atom stereocenters. The molecule has 0 amide bonds. The van der Waals surface area contributed by atoms with E-state index >= 15 is 0 Å². The molecule has 2 N–H and O–H groups in total. The minimum atomic E-state index is -0.0842. The number of benzene rings is 1. The maximum absolute atomic E-state index is 10.5. The summed E-state index contributed by atoms with van der Waals surface area (Å²) < 4.78 is 5.98. The van der Waals surface area contributed by atoms with Gasteiger partial charge in [-0.1, -0.05) is 6.07 Å². The van der Waals surface area contributed by atoms with Crippen LogP contribution in [0.5, 0.6) is 5.75 Å². The van der Waals surface area contributed by atoms with E-state index in [0.717, 1.165) is 32.3 Å². The third kappa shape index (κ3) is 2.90. The number of ether oxygens (including phenoxy) is 1. The van der Waals surface area contributed by atoms with Crippen LogP contribution in [0.2, 0.25) is 0 Å². The molecule has 3 heteroatoms. The summed E-state index contributed by atoms with van der Waals surface area (Å²) in [5.41, 5.74) is 2.83. The lowest BCUT2D eigenvalue weighted by atomic mass is 9.56. The number of aryl methyl sites for hydroxylation is 1. The van der Waals surface area contributed by atoms with Crippen LogP contribution in [0.3, 0.4) is 0 Å². The number of rotatable bonds is 4. The summed E-state index contributed by atoms with van der Waals surface area (Å²) in [6.45, 7) is 0.874. The molecule has 4 aliphatic carbocycles.